The zero-order valence-corrected chi connectivity index (χ0v) is 21.4. The summed E-state index contributed by atoms with van der Waals surface area (Å²) in [5, 5.41) is 6.82. The molecule has 0 bridgehead atoms. The van der Waals surface area contributed by atoms with Crippen molar-refractivity contribution in [3.8, 4) is 5.75 Å². The van der Waals surface area contributed by atoms with E-state index in [4.69, 9.17) is 21.3 Å². The number of nitrogens with zero attached hydrogens (tertiary/aromatic N) is 2. The van der Waals surface area contributed by atoms with Gasteiger partial charge in [0, 0.05) is 17.0 Å². The van der Waals surface area contributed by atoms with Gasteiger partial charge >= 0.3 is 6.03 Å². The van der Waals surface area contributed by atoms with Crippen LogP contribution in [0.4, 0.5) is 4.79 Å². The minimum atomic E-state index is -0.312. The maximum atomic E-state index is 12.5. The van der Waals surface area contributed by atoms with Gasteiger partial charge in [0.2, 0.25) is 0 Å². The summed E-state index contributed by atoms with van der Waals surface area (Å²) in [7, 11) is 0. The number of thiazole rings is 1. The Labute approximate surface area is 215 Å². The van der Waals surface area contributed by atoms with Gasteiger partial charge in [-0.25, -0.2) is 14.8 Å². The summed E-state index contributed by atoms with van der Waals surface area (Å²) < 4.78 is 5.96. The van der Waals surface area contributed by atoms with Crippen LogP contribution in [0.15, 0.2) is 58.9 Å². The summed E-state index contributed by atoms with van der Waals surface area (Å²) in [5.41, 5.74) is 4.06. The summed E-state index contributed by atoms with van der Waals surface area (Å²) >= 11 is 8.32. The number of carbonyl (C=O) groups excluding carboxylic acids is 1. The van der Waals surface area contributed by atoms with E-state index < -0.39 is 0 Å². The number of hydrogen-bond acceptors (Lipinski definition) is 4. The molecule has 1 saturated carbocycles. The zero-order chi connectivity index (χ0) is 24.2. The highest BCUT2D eigenvalue weighted by molar-refractivity contribution is 7.09. The molecule has 0 saturated heterocycles. The Kier molecular flexibility index (Phi) is 7.49. The van der Waals surface area contributed by atoms with Crippen LogP contribution in [-0.4, -0.2) is 16.7 Å². The first-order valence-corrected chi connectivity index (χ1v) is 13.7. The van der Waals surface area contributed by atoms with Crippen molar-refractivity contribution in [2.24, 2.45) is 4.99 Å². The number of benzene rings is 2. The molecule has 1 aliphatic carbocycles. The first kappa shape index (κ1) is 24.0. The molecule has 35 heavy (non-hydrogen) atoms. The Bertz CT molecular complexity index is 1200. The van der Waals surface area contributed by atoms with Crippen molar-refractivity contribution < 1.29 is 9.53 Å². The highest BCUT2D eigenvalue weighted by atomic mass is 35.5. The van der Waals surface area contributed by atoms with E-state index in [-0.39, 0.29) is 18.0 Å². The lowest BCUT2D eigenvalue weighted by molar-refractivity contribution is 0.242. The number of nitrogens with one attached hydrogen (secondary N) is 1. The molecular weight excluding hydrogens is 478 g/mol. The lowest BCUT2D eigenvalue weighted by atomic mass is 9.86. The lowest BCUT2D eigenvalue weighted by Gasteiger charge is -2.31. The fourth-order valence-electron chi connectivity index (χ4n) is 5.09. The maximum Gasteiger partial charge on any atom is 0.341 e. The molecule has 2 atom stereocenters. The standard InChI is InChI=1S/C28H30ClN3O2S/c1-2-22-25(27-30-23(17-35-27)19-11-7-4-8-12-19)26(32-28(33)31-22)20-13-14-24(21(29)15-20)34-16-18-9-5-3-6-10-18/h3,5-6,9-10,13-15,17,19,25-26H,2,4,7-8,11-12,16H2,1H3,(H,32,33). The van der Waals surface area contributed by atoms with E-state index in [0.717, 1.165) is 21.8 Å². The lowest BCUT2D eigenvalue weighted by Crippen LogP contribution is -2.39. The van der Waals surface area contributed by atoms with Gasteiger partial charge in [0.05, 0.1) is 22.7 Å². The molecule has 5 nitrogen and oxygen atoms in total. The number of halogens is 1. The summed E-state index contributed by atoms with van der Waals surface area (Å²) in [6, 6.07) is 15.2. The van der Waals surface area contributed by atoms with E-state index in [0.29, 0.717) is 29.7 Å². The molecule has 2 unspecified atom stereocenters. The van der Waals surface area contributed by atoms with Gasteiger partial charge < -0.3 is 10.1 Å². The van der Waals surface area contributed by atoms with Crippen LogP contribution in [-0.2, 0) is 6.61 Å². The van der Waals surface area contributed by atoms with Crippen molar-refractivity contribution >= 4 is 34.7 Å². The van der Waals surface area contributed by atoms with Gasteiger partial charge in [0.25, 0.3) is 0 Å². The second-order valence-electron chi connectivity index (χ2n) is 9.27. The molecule has 2 heterocycles. The van der Waals surface area contributed by atoms with Crippen molar-refractivity contribution in [3.63, 3.8) is 0 Å². The summed E-state index contributed by atoms with van der Waals surface area (Å²) in [6.45, 7) is 2.49. The molecule has 2 amide bonds. The third-order valence-corrected chi connectivity index (χ3v) is 8.20. The van der Waals surface area contributed by atoms with Crippen molar-refractivity contribution in [1.29, 1.82) is 0 Å². The minimum absolute atomic E-state index is 0.104. The predicted octanol–water partition coefficient (Wildman–Crippen LogP) is 7.82. The third kappa shape index (κ3) is 5.44. The number of aromatic nitrogens is 1. The fourth-order valence-corrected chi connectivity index (χ4v) is 6.40. The number of ether oxygens (including phenoxy) is 1. The van der Waals surface area contributed by atoms with Crippen LogP contribution >= 0.6 is 22.9 Å². The molecule has 1 fully saturated rings. The highest BCUT2D eigenvalue weighted by Gasteiger charge is 2.36. The second kappa shape index (κ2) is 10.9. The van der Waals surface area contributed by atoms with Crippen LogP contribution in [0.5, 0.6) is 5.75 Å². The molecular formula is C28H30ClN3O2S. The number of hydrogen-bond donors (Lipinski definition) is 1. The molecule has 5 rings (SSSR count). The average Bonchev–Trinajstić information content (AvgIpc) is 3.38. The predicted molar refractivity (Wildman–Crippen MR) is 142 cm³/mol. The SMILES string of the molecule is CCC1=NC(=O)NC(c2ccc(OCc3ccccc3)c(Cl)c2)C1c1nc(C2CCCCC2)cs1. The van der Waals surface area contributed by atoms with Crippen molar-refractivity contribution in [3.05, 3.63) is 80.8 Å². The topological polar surface area (TPSA) is 63.6 Å². The van der Waals surface area contributed by atoms with E-state index >= 15 is 0 Å². The van der Waals surface area contributed by atoms with Crippen LogP contribution in [0.2, 0.25) is 5.02 Å². The van der Waals surface area contributed by atoms with E-state index in [9.17, 15) is 4.79 Å². The van der Waals surface area contributed by atoms with Gasteiger partial charge in [-0.1, -0.05) is 74.2 Å². The molecule has 0 spiro atoms. The maximum absolute atomic E-state index is 12.5. The zero-order valence-electron chi connectivity index (χ0n) is 19.9. The largest absolute Gasteiger partial charge is 0.487 e. The van der Waals surface area contributed by atoms with Crippen LogP contribution in [0.3, 0.4) is 0 Å². The Morgan fingerprint density at radius 1 is 1.11 bits per heavy atom. The van der Waals surface area contributed by atoms with Gasteiger partial charge in [0.15, 0.2) is 0 Å². The number of amides is 2. The fraction of sp³-hybridized carbons (Fsp3) is 0.393. The molecule has 3 aromatic rings. The van der Waals surface area contributed by atoms with Crippen LogP contribution in [0, 0.1) is 0 Å². The Balaban J connectivity index is 1.41. The van der Waals surface area contributed by atoms with E-state index in [1.165, 1.54) is 37.8 Å². The Morgan fingerprint density at radius 3 is 2.66 bits per heavy atom. The first-order chi connectivity index (χ1) is 17.1. The highest BCUT2D eigenvalue weighted by Crippen LogP contribution is 2.41. The molecule has 2 aromatic carbocycles. The summed E-state index contributed by atoms with van der Waals surface area (Å²) in [6.07, 6.45) is 6.99. The van der Waals surface area contributed by atoms with E-state index in [1.807, 2.05) is 55.5 Å². The number of aliphatic imine (C=N–C) groups is 1. The molecule has 2 aliphatic rings. The van der Waals surface area contributed by atoms with Crippen molar-refractivity contribution in [2.45, 2.75) is 69.9 Å². The van der Waals surface area contributed by atoms with Gasteiger partial charge in [-0.3, -0.25) is 0 Å². The van der Waals surface area contributed by atoms with Crippen LogP contribution < -0.4 is 10.1 Å². The van der Waals surface area contributed by atoms with E-state index in [1.54, 1.807) is 11.3 Å². The molecule has 1 aromatic heterocycles. The second-order valence-corrected chi connectivity index (χ2v) is 10.6. The van der Waals surface area contributed by atoms with Crippen molar-refractivity contribution in [2.75, 3.05) is 0 Å². The van der Waals surface area contributed by atoms with Gasteiger partial charge in [-0.2, -0.15) is 0 Å². The number of carbonyl (C=O) groups is 1. The van der Waals surface area contributed by atoms with Gasteiger partial charge in [-0.15, -0.1) is 11.3 Å². The summed E-state index contributed by atoms with van der Waals surface area (Å²) in [5.74, 6) is 1.06. The summed E-state index contributed by atoms with van der Waals surface area (Å²) in [4.78, 5) is 21.9. The average molecular weight is 508 g/mol. The smallest absolute Gasteiger partial charge is 0.341 e. The molecule has 1 aliphatic heterocycles. The molecule has 0 radical (unpaired) electrons. The quantitative estimate of drug-likeness (QED) is 0.354. The first-order valence-electron chi connectivity index (χ1n) is 12.4. The molecule has 1 N–H and O–H groups in total. The molecule has 182 valence electrons. The van der Waals surface area contributed by atoms with Crippen LogP contribution in [0.1, 0.15) is 85.2 Å². The van der Waals surface area contributed by atoms with Crippen molar-refractivity contribution in [1.82, 2.24) is 10.3 Å². The van der Waals surface area contributed by atoms with E-state index in [2.05, 4.69) is 15.7 Å². The molecule has 7 heteroatoms. The Hall–Kier alpha value is -2.70. The monoisotopic (exact) mass is 507 g/mol. The third-order valence-electron chi connectivity index (χ3n) is 6.96. The minimum Gasteiger partial charge on any atom is -0.487 e. The normalized spacial score (nSPS) is 20.9. The Morgan fingerprint density at radius 2 is 1.91 bits per heavy atom. The van der Waals surface area contributed by atoms with Crippen LogP contribution in [0.25, 0.3) is 0 Å². The van der Waals surface area contributed by atoms with Gasteiger partial charge in [-0.05, 0) is 42.5 Å². The number of urea groups is 1. The number of rotatable bonds is 7. The van der Waals surface area contributed by atoms with Gasteiger partial charge in [0.1, 0.15) is 17.4 Å².